The number of aliphatic hydroxyl groups is 2. The van der Waals surface area contributed by atoms with E-state index >= 15 is 0 Å². The second kappa shape index (κ2) is 15.3. The average Bonchev–Trinajstić information content (AvgIpc) is 3.83. The van der Waals surface area contributed by atoms with E-state index in [1.807, 2.05) is 26.0 Å². The number of hydrogen-bond donors (Lipinski definition) is 2. The van der Waals surface area contributed by atoms with Gasteiger partial charge in [-0.2, -0.15) is 17.5 Å². The average molecular weight is 778 g/mol. The van der Waals surface area contributed by atoms with Crippen LogP contribution in [0.3, 0.4) is 0 Å². The maximum absolute atomic E-state index is 14.5. The Morgan fingerprint density at radius 2 is 1.85 bits per heavy atom. The van der Waals surface area contributed by atoms with E-state index in [1.54, 1.807) is 6.07 Å². The van der Waals surface area contributed by atoms with Crippen LogP contribution in [-0.4, -0.2) is 72.5 Å². The molecule has 1 saturated heterocycles. The summed E-state index contributed by atoms with van der Waals surface area (Å²) in [7, 11) is -3.73. The number of benzene rings is 2. The van der Waals surface area contributed by atoms with Crippen molar-refractivity contribution in [1.29, 1.82) is 0 Å². The Hall–Kier alpha value is -3.00. The lowest BCUT2D eigenvalue weighted by Gasteiger charge is -2.46. The fraction of sp³-hybridized carbons (Fsp3) is 0.525. The van der Waals surface area contributed by atoms with Crippen molar-refractivity contribution in [1.82, 2.24) is 4.31 Å². The Bertz CT molecular complexity index is 1970. The summed E-state index contributed by atoms with van der Waals surface area (Å²) in [6.45, 7) is 4.55. The van der Waals surface area contributed by atoms with Crippen molar-refractivity contribution >= 4 is 27.4 Å². The molecule has 2 heterocycles. The van der Waals surface area contributed by atoms with Crippen LogP contribution in [0, 0.1) is 5.41 Å². The summed E-state index contributed by atoms with van der Waals surface area (Å²) in [4.78, 5) is 14.5. The summed E-state index contributed by atoms with van der Waals surface area (Å²) in [5.41, 5.74) is -0.536. The van der Waals surface area contributed by atoms with Gasteiger partial charge in [0.25, 0.3) is 0 Å². The van der Waals surface area contributed by atoms with E-state index in [4.69, 9.17) is 20.8 Å². The van der Waals surface area contributed by atoms with Gasteiger partial charge in [0.2, 0.25) is 15.8 Å². The predicted octanol–water partition coefficient (Wildman–Crippen LogP) is 8.33. The van der Waals surface area contributed by atoms with Crippen LogP contribution in [0.5, 0.6) is 0 Å². The third kappa shape index (κ3) is 8.48. The van der Waals surface area contributed by atoms with Gasteiger partial charge in [-0.15, -0.1) is 0 Å². The first-order valence-corrected chi connectivity index (χ1v) is 20.4. The first kappa shape index (κ1) is 39.7. The number of aliphatic hydroxyl groups excluding tert-OH is 1. The number of halogens is 4. The van der Waals surface area contributed by atoms with E-state index in [0.717, 1.165) is 42.9 Å². The number of ketones is 1. The minimum atomic E-state index is -4.61. The molecular weight excluding hydrogens is 731 g/mol. The van der Waals surface area contributed by atoms with Crippen LogP contribution in [0.25, 0.3) is 11.3 Å². The number of sulfonamides is 1. The summed E-state index contributed by atoms with van der Waals surface area (Å²) in [5, 5.41) is 23.7. The molecular formula is C40H47ClF3NO7S. The van der Waals surface area contributed by atoms with Crippen molar-refractivity contribution in [2.75, 3.05) is 26.0 Å². The molecule has 0 amide bonds. The zero-order valence-corrected chi connectivity index (χ0v) is 31.8. The standard InChI is InChI=1S/C40H47ClF3NO7S/c1-25-6-4-17-38(2)33(16-18-39(38,48)24-45(53(3,49)50)23-29-7-5-19-51-29)30-12-9-26(20-28(46)11-8-25)21-31(30)37(47)36-15-14-35(52-36)32-22-27(40(42,43)44)10-13-34(32)41/h6,9-10,12-15,21-22,28-29,33,46,48H,4-5,7-8,11,16-20,23-24H2,1-3H3/t28-,29+,33-,38-,39+/m0/s1. The van der Waals surface area contributed by atoms with Crippen molar-refractivity contribution in [3.63, 3.8) is 0 Å². The largest absolute Gasteiger partial charge is 0.453 e. The minimum Gasteiger partial charge on any atom is -0.453 e. The van der Waals surface area contributed by atoms with E-state index in [-0.39, 0.29) is 59.7 Å². The molecule has 7 rings (SSSR count). The molecule has 288 valence electrons. The first-order chi connectivity index (χ1) is 24.9. The summed E-state index contributed by atoms with van der Waals surface area (Å²) in [6.07, 6.45) is 2.54. The highest BCUT2D eigenvalue weighted by atomic mass is 35.5. The number of fused-ring (bicyclic) bond motifs is 8. The molecule has 1 aromatic heterocycles. The number of furan rings is 1. The molecule has 3 aromatic rings. The van der Waals surface area contributed by atoms with Crippen molar-refractivity contribution in [2.45, 2.75) is 102 Å². The topological polar surface area (TPSA) is 117 Å². The smallest absolute Gasteiger partial charge is 0.416 e. The normalized spacial score (nSPS) is 27.1. The predicted molar refractivity (Wildman–Crippen MR) is 196 cm³/mol. The van der Waals surface area contributed by atoms with Gasteiger partial charge in [0.15, 0.2) is 5.76 Å². The highest BCUT2D eigenvalue weighted by molar-refractivity contribution is 7.88. The number of allylic oxidation sites excluding steroid dienone is 2. The molecule has 8 nitrogen and oxygen atoms in total. The Morgan fingerprint density at radius 1 is 1.08 bits per heavy atom. The summed E-state index contributed by atoms with van der Waals surface area (Å²) < 4.78 is 80.0. The second-order valence-corrected chi connectivity index (χ2v) is 17.7. The Kier molecular flexibility index (Phi) is 11.4. The molecule has 2 bridgehead atoms. The lowest BCUT2D eigenvalue weighted by atomic mass is 9.65. The van der Waals surface area contributed by atoms with Crippen LogP contribution in [0.1, 0.15) is 104 Å². The maximum atomic E-state index is 14.5. The molecule has 2 fully saturated rings. The number of nitrogens with zero attached hydrogens (tertiary/aromatic N) is 1. The van der Waals surface area contributed by atoms with Crippen LogP contribution < -0.4 is 0 Å². The fourth-order valence-electron chi connectivity index (χ4n) is 8.45. The van der Waals surface area contributed by atoms with Crippen molar-refractivity contribution in [3.05, 3.63) is 93.2 Å². The SMILES string of the molecule is CC1=CCC[C@@]2(C)[C@@H](CC[C@@]2(O)CN(C[C@H]2CCCO2)S(C)(=O)=O)c2ccc(cc2C(=O)c2ccc(-c3cc(C(F)(F)F)ccc3Cl)o2)C[C@@H](O)CC1. The lowest BCUT2D eigenvalue weighted by Crippen LogP contribution is -2.54. The minimum absolute atomic E-state index is 0.00550. The second-order valence-electron chi connectivity index (χ2n) is 15.3. The Labute approximate surface area is 314 Å². The van der Waals surface area contributed by atoms with Crippen molar-refractivity contribution in [2.24, 2.45) is 5.41 Å². The van der Waals surface area contributed by atoms with Crippen molar-refractivity contribution < 1.29 is 45.8 Å². The number of hydrogen-bond acceptors (Lipinski definition) is 7. The van der Waals surface area contributed by atoms with Gasteiger partial charge < -0.3 is 19.4 Å². The van der Waals surface area contributed by atoms with Gasteiger partial charge in [-0.3, -0.25) is 4.79 Å². The van der Waals surface area contributed by atoms with Gasteiger partial charge in [-0.05, 0) is 118 Å². The number of alkyl halides is 3. The van der Waals surface area contributed by atoms with Gasteiger partial charge in [0.1, 0.15) is 5.76 Å². The fourth-order valence-corrected chi connectivity index (χ4v) is 9.54. The van der Waals surface area contributed by atoms with E-state index in [0.29, 0.717) is 49.8 Å². The molecule has 0 unspecified atom stereocenters. The van der Waals surface area contributed by atoms with Crippen LogP contribution >= 0.6 is 11.6 Å². The van der Waals surface area contributed by atoms with E-state index < -0.39 is 50.6 Å². The van der Waals surface area contributed by atoms with Crippen LogP contribution in [0.2, 0.25) is 5.02 Å². The van der Waals surface area contributed by atoms with E-state index in [2.05, 4.69) is 6.08 Å². The van der Waals surface area contributed by atoms with Gasteiger partial charge in [0.05, 0.1) is 34.7 Å². The van der Waals surface area contributed by atoms with Crippen LogP contribution in [0.15, 0.2) is 64.6 Å². The number of carbonyl (C=O) groups excluding carboxylic acids is 1. The zero-order valence-electron chi connectivity index (χ0n) is 30.2. The van der Waals surface area contributed by atoms with Gasteiger partial charge in [0, 0.05) is 36.2 Å². The summed E-state index contributed by atoms with van der Waals surface area (Å²) in [6, 6.07) is 11.2. The monoisotopic (exact) mass is 777 g/mol. The van der Waals surface area contributed by atoms with Gasteiger partial charge in [-0.1, -0.05) is 42.3 Å². The van der Waals surface area contributed by atoms with E-state index in [1.165, 1.54) is 16.4 Å². The molecule has 53 heavy (non-hydrogen) atoms. The highest BCUT2D eigenvalue weighted by Crippen LogP contribution is 2.59. The van der Waals surface area contributed by atoms with Crippen LogP contribution in [0.4, 0.5) is 13.2 Å². The molecule has 1 aliphatic heterocycles. The van der Waals surface area contributed by atoms with E-state index in [9.17, 15) is 36.6 Å². The van der Waals surface area contributed by atoms with Gasteiger partial charge in [-0.25, -0.2) is 8.42 Å². The third-order valence-electron chi connectivity index (χ3n) is 11.6. The quantitative estimate of drug-likeness (QED) is 0.175. The lowest BCUT2D eigenvalue weighted by molar-refractivity contribution is -0.137. The number of ether oxygens (including phenoxy) is 1. The first-order valence-electron chi connectivity index (χ1n) is 18.2. The molecule has 4 aliphatic rings. The molecule has 5 atom stereocenters. The molecule has 1 saturated carbocycles. The Balaban J connectivity index is 1.42. The molecule has 13 heteroatoms. The summed E-state index contributed by atoms with van der Waals surface area (Å²) >= 11 is 6.29. The zero-order chi connectivity index (χ0) is 38.3. The summed E-state index contributed by atoms with van der Waals surface area (Å²) in [5.74, 6) is -1.02. The maximum Gasteiger partial charge on any atom is 0.416 e. The molecule has 2 N–H and O–H groups in total. The number of carbonyl (C=O) groups is 1. The highest BCUT2D eigenvalue weighted by Gasteiger charge is 2.58. The molecule has 0 radical (unpaired) electrons. The van der Waals surface area contributed by atoms with Crippen LogP contribution in [-0.2, 0) is 27.4 Å². The van der Waals surface area contributed by atoms with Crippen molar-refractivity contribution in [3.8, 4) is 11.3 Å². The molecule has 0 spiro atoms. The molecule has 2 aromatic carbocycles. The van der Waals surface area contributed by atoms with Gasteiger partial charge >= 0.3 is 6.18 Å². The third-order valence-corrected chi connectivity index (χ3v) is 13.2. The Morgan fingerprint density at radius 3 is 2.55 bits per heavy atom. The molecule has 3 aliphatic carbocycles. The number of rotatable bonds is 8.